The van der Waals surface area contributed by atoms with Crippen LogP contribution in [0.2, 0.25) is 0 Å². The second-order valence-corrected chi connectivity index (χ2v) is 5.58. The quantitative estimate of drug-likeness (QED) is 0.886. The summed E-state index contributed by atoms with van der Waals surface area (Å²) >= 11 is 0. The van der Waals surface area contributed by atoms with Crippen LogP contribution in [0.3, 0.4) is 0 Å². The van der Waals surface area contributed by atoms with Gasteiger partial charge in [-0.3, -0.25) is 4.79 Å². The number of phenolic OH excluding ortho intramolecular Hbond substituents is 1. The molecule has 0 unspecified atom stereocenters. The number of carbonyl (C=O) groups excluding carboxylic acids is 1. The molecule has 2 aliphatic rings. The van der Waals surface area contributed by atoms with Crippen LogP contribution in [0.4, 0.5) is 0 Å². The molecule has 0 saturated heterocycles. The molecule has 3 heteroatoms. The molecule has 0 aliphatic heterocycles. The van der Waals surface area contributed by atoms with Gasteiger partial charge < -0.3 is 10.0 Å². The first-order chi connectivity index (χ1) is 8.66. The fraction of sp³-hybridized carbons (Fsp3) is 0.533. The van der Waals surface area contributed by atoms with Gasteiger partial charge in [0.25, 0.3) is 5.91 Å². The largest absolute Gasteiger partial charge is 0.508 e. The van der Waals surface area contributed by atoms with E-state index in [1.807, 2.05) is 17.9 Å². The zero-order chi connectivity index (χ0) is 12.7. The van der Waals surface area contributed by atoms with Gasteiger partial charge in [-0.05, 0) is 50.7 Å². The second-order valence-electron chi connectivity index (χ2n) is 5.58. The van der Waals surface area contributed by atoms with E-state index < -0.39 is 0 Å². The molecule has 3 rings (SSSR count). The molecule has 0 atom stereocenters. The Balaban J connectivity index is 1.84. The lowest BCUT2D eigenvalue weighted by Crippen LogP contribution is -2.35. The first kappa shape index (κ1) is 11.6. The third kappa shape index (κ3) is 2.22. The molecular weight excluding hydrogens is 226 g/mol. The van der Waals surface area contributed by atoms with E-state index in [2.05, 4.69) is 0 Å². The summed E-state index contributed by atoms with van der Waals surface area (Å²) in [6.45, 7) is 2.71. The summed E-state index contributed by atoms with van der Waals surface area (Å²) in [7, 11) is 0. The fourth-order valence-electron chi connectivity index (χ4n) is 2.37. The molecule has 1 N–H and O–H groups in total. The van der Waals surface area contributed by atoms with Crippen molar-refractivity contribution in [2.75, 3.05) is 6.54 Å². The fourth-order valence-corrected chi connectivity index (χ4v) is 2.37. The van der Waals surface area contributed by atoms with E-state index in [1.54, 1.807) is 12.1 Å². The number of benzene rings is 1. The Hall–Kier alpha value is -1.51. The summed E-state index contributed by atoms with van der Waals surface area (Å²) in [6, 6.07) is 5.64. The van der Waals surface area contributed by atoms with Gasteiger partial charge in [0.2, 0.25) is 0 Å². The standard InChI is InChI=1S/C15H19NO2/c1-10-13(3-2-4-14(10)17)15(18)16(12-7-8-12)9-11-5-6-11/h2-4,11-12,17H,5-9H2,1H3. The summed E-state index contributed by atoms with van der Waals surface area (Å²) < 4.78 is 0. The maximum Gasteiger partial charge on any atom is 0.254 e. The van der Waals surface area contributed by atoms with E-state index in [-0.39, 0.29) is 11.7 Å². The molecule has 0 heterocycles. The first-order valence-corrected chi connectivity index (χ1v) is 6.76. The average molecular weight is 245 g/mol. The molecular formula is C15H19NO2. The van der Waals surface area contributed by atoms with Crippen molar-refractivity contribution in [1.82, 2.24) is 4.90 Å². The van der Waals surface area contributed by atoms with Gasteiger partial charge in [0.1, 0.15) is 5.75 Å². The predicted molar refractivity (Wildman–Crippen MR) is 69.6 cm³/mol. The van der Waals surface area contributed by atoms with Crippen LogP contribution in [0.25, 0.3) is 0 Å². The maximum absolute atomic E-state index is 12.6. The van der Waals surface area contributed by atoms with Crippen LogP contribution >= 0.6 is 0 Å². The van der Waals surface area contributed by atoms with E-state index in [1.165, 1.54) is 12.8 Å². The molecule has 18 heavy (non-hydrogen) atoms. The molecule has 1 amide bonds. The topological polar surface area (TPSA) is 40.5 Å². The third-order valence-corrected chi connectivity index (χ3v) is 3.94. The van der Waals surface area contributed by atoms with Crippen LogP contribution in [0.5, 0.6) is 5.75 Å². The van der Waals surface area contributed by atoms with Crippen molar-refractivity contribution in [3.8, 4) is 5.75 Å². The van der Waals surface area contributed by atoms with Crippen LogP contribution < -0.4 is 0 Å². The van der Waals surface area contributed by atoms with E-state index in [0.29, 0.717) is 23.1 Å². The lowest BCUT2D eigenvalue weighted by atomic mass is 10.1. The highest BCUT2D eigenvalue weighted by Gasteiger charge is 2.37. The van der Waals surface area contributed by atoms with Crippen LogP contribution in [0.15, 0.2) is 18.2 Å². The molecule has 3 nitrogen and oxygen atoms in total. The lowest BCUT2D eigenvalue weighted by molar-refractivity contribution is 0.0733. The first-order valence-electron chi connectivity index (χ1n) is 6.76. The summed E-state index contributed by atoms with van der Waals surface area (Å²) in [6.07, 6.45) is 4.79. The van der Waals surface area contributed by atoms with Crippen molar-refractivity contribution in [2.24, 2.45) is 5.92 Å². The highest BCUT2D eigenvalue weighted by molar-refractivity contribution is 5.96. The Labute approximate surface area is 107 Å². The zero-order valence-corrected chi connectivity index (χ0v) is 10.7. The Kier molecular flexibility index (Phi) is 2.77. The Morgan fingerprint density at radius 3 is 2.67 bits per heavy atom. The minimum atomic E-state index is 0.0952. The predicted octanol–water partition coefficient (Wildman–Crippen LogP) is 2.72. The highest BCUT2D eigenvalue weighted by Crippen LogP contribution is 2.36. The molecule has 0 spiro atoms. The van der Waals surface area contributed by atoms with Gasteiger partial charge in [-0.15, -0.1) is 0 Å². The molecule has 2 aliphatic carbocycles. The van der Waals surface area contributed by atoms with Crippen molar-refractivity contribution in [3.05, 3.63) is 29.3 Å². The van der Waals surface area contributed by atoms with Crippen molar-refractivity contribution < 1.29 is 9.90 Å². The minimum absolute atomic E-state index is 0.0952. The molecule has 0 aromatic heterocycles. The van der Waals surface area contributed by atoms with Crippen LogP contribution in [0, 0.1) is 12.8 Å². The molecule has 1 aromatic rings. The monoisotopic (exact) mass is 245 g/mol. The third-order valence-electron chi connectivity index (χ3n) is 3.94. The Bertz CT molecular complexity index is 475. The van der Waals surface area contributed by atoms with Crippen molar-refractivity contribution in [2.45, 2.75) is 38.6 Å². The second kappa shape index (κ2) is 4.30. The highest BCUT2D eigenvalue weighted by atomic mass is 16.3. The van der Waals surface area contributed by atoms with E-state index in [4.69, 9.17) is 0 Å². The molecule has 2 fully saturated rings. The Morgan fingerprint density at radius 2 is 2.06 bits per heavy atom. The minimum Gasteiger partial charge on any atom is -0.508 e. The molecule has 0 bridgehead atoms. The maximum atomic E-state index is 12.6. The number of rotatable bonds is 4. The number of nitrogens with zero attached hydrogens (tertiary/aromatic N) is 1. The Morgan fingerprint density at radius 1 is 1.33 bits per heavy atom. The van der Waals surface area contributed by atoms with Crippen molar-refractivity contribution in [1.29, 1.82) is 0 Å². The number of phenols is 1. The lowest BCUT2D eigenvalue weighted by Gasteiger charge is -2.23. The molecule has 0 radical (unpaired) electrons. The molecule has 1 aromatic carbocycles. The van der Waals surface area contributed by atoms with Gasteiger partial charge in [0, 0.05) is 23.7 Å². The molecule has 96 valence electrons. The normalized spacial score (nSPS) is 18.7. The molecule has 2 saturated carbocycles. The van der Waals surface area contributed by atoms with Crippen LogP contribution in [-0.4, -0.2) is 28.5 Å². The zero-order valence-electron chi connectivity index (χ0n) is 10.7. The number of amides is 1. The average Bonchev–Trinajstić information content (AvgIpc) is 3.22. The van der Waals surface area contributed by atoms with Gasteiger partial charge in [-0.1, -0.05) is 6.07 Å². The van der Waals surface area contributed by atoms with Gasteiger partial charge in [-0.2, -0.15) is 0 Å². The van der Waals surface area contributed by atoms with Gasteiger partial charge in [-0.25, -0.2) is 0 Å². The van der Waals surface area contributed by atoms with E-state index in [9.17, 15) is 9.90 Å². The van der Waals surface area contributed by atoms with E-state index >= 15 is 0 Å². The van der Waals surface area contributed by atoms with Crippen LogP contribution in [-0.2, 0) is 0 Å². The number of carbonyl (C=O) groups is 1. The summed E-state index contributed by atoms with van der Waals surface area (Å²) in [4.78, 5) is 14.6. The van der Waals surface area contributed by atoms with Crippen LogP contribution in [0.1, 0.15) is 41.6 Å². The smallest absolute Gasteiger partial charge is 0.254 e. The summed E-state index contributed by atoms with van der Waals surface area (Å²) in [5, 5.41) is 9.71. The number of hydrogen-bond acceptors (Lipinski definition) is 2. The van der Waals surface area contributed by atoms with Gasteiger partial charge in [0.05, 0.1) is 0 Å². The van der Waals surface area contributed by atoms with Gasteiger partial charge in [0.15, 0.2) is 0 Å². The SMILES string of the molecule is Cc1c(O)cccc1C(=O)N(CC1CC1)C1CC1. The van der Waals surface area contributed by atoms with Crippen molar-refractivity contribution in [3.63, 3.8) is 0 Å². The number of hydrogen-bond donors (Lipinski definition) is 1. The summed E-state index contributed by atoms with van der Waals surface area (Å²) in [5.74, 6) is 1.02. The summed E-state index contributed by atoms with van der Waals surface area (Å²) in [5.41, 5.74) is 1.35. The number of aromatic hydroxyl groups is 1. The van der Waals surface area contributed by atoms with Crippen molar-refractivity contribution >= 4 is 5.91 Å². The van der Waals surface area contributed by atoms with Gasteiger partial charge >= 0.3 is 0 Å². The van der Waals surface area contributed by atoms with E-state index in [0.717, 1.165) is 19.4 Å².